The normalized spacial score (nSPS) is 15.3. The standard InChI is InChI=1S/C15H26O4/c1-5-8-9-12(7-3)11-19-14(18)15(4,10-6-2)13(16)17/h6,12H,2,5,7-11H2,1,3-4H3,(H,16,17). The lowest BCUT2D eigenvalue weighted by atomic mass is 9.87. The summed E-state index contributed by atoms with van der Waals surface area (Å²) in [5.74, 6) is -1.53. The lowest BCUT2D eigenvalue weighted by Crippen LogP contribution is -2.38. The number of unbranched alkanes of at least 4 members (excludes halogenated alkanes) is 1. The second kappa shape index (κ2) is 8.73. The van der Waals surface area contributed by atoms with Crippen LogP contribution in [-0.2, 0) is 14.3 Å². The molecule has 0 aromatic heterocycles. The molecule has 0 rings (SSSR count). The molecular weight excluding hydrogens is 244 g/mol. The van der Waals surface area contributed by atoms with E-state index in [2.05, 4.69) is 13.5 Å². The van der Waals surface area contributed by atoms with Crippen LogP contribution in [0.2, 0.25) is 0 Å². The first-order valence-corrected chi connectivity index (χ1v) is 6.93. The summed E-state index contributed by atoms with van der Waals surface area (Å²) in [4.78, 5) is 23.1. The molecule has 0 aliphatic heterocycles. The van der Waals surface area contributed by atoms with E-state index in [9.17, 15) is 9.59 Å². The Morgan fingerprint density at radius 1 is 1.42 bits per heavy atom. The van der Waals surface area contributed by atoms with Crippen molar-refractivity contribution >= 4 is 11.9 Å². The highest BCUT2D eigenvalue weighted by Gasteiger charge is 2.42. The first-order chi connectivity index (χ1) is 8.92. The quantitative estimate of drug-likeness (QED) is 0.375. The van der Waals surface area contributed by atoms with Gasteiger partial charge in [0.05, 0.1) is 6.61 Å². The van der Waals surface area contributed by atoms with Gasteiger partial charge in [0, 0.05) is 0 Å². The molecule has 0 fully saturated rings. The van der Waals surface area contributed by atoms with Crippen LogP contribution in [0.15, 0.2) is 12.7 Å². The van der Waals surface area contributed by atoms with Crippen molar-refractivity contribution in [2.45, 2.75) is 52.9 Å². The highest BCUT2D eigenvalue weighted by molar-refractivity contribution is 5.98. The lowest BCUT2D eigenvalue weighted by Gasteiger charge is -2.23. The fraction of sp³-hybridized carbons (Fsp3) is 0.733. The number of hydrogen-bond acceptors (Lipinski definition) is 3. The van der Waals surface area contributed by atoms with E-state index in [0.29, 0.717) is 12.5 Å². The minimum Gasteiger partial charge on any atom is -0.480 e. The van der Waals surface area contributed by atoms with Gasteiger partial charge in [-0.2, -0.15) is 0 Å². The number of carbonyl (C=O) groups excluding carboxylic acids is 1. The number of aliphatic carboxylic acids is 1. The van der Waals surface area contributed by atoms with Crippen LogP contribution in [0.1, 0.15) is 52.9 Å². The Hall–Kier alpha value is -1.32. The van der Waals surface area contributed by atoms with E-state index in [0.717, 1.165) is 25.7 Å². The van der Waals surface area contributed by atoms with E-state index in [1.807, 2.05) is 6.92 Å². The molecule has 0 aromatic rings. The molecule has 0 amide bonds. The highest BCUT2D eigenvalue weighted by Crippen LogP contribution is 2.25. The number of allylic oxidation sites excluding steroid dienone is 1. The van der Waals surface area contributed by atoms with Gasteiger partial charge in [0.15, 0.2) is 5.41 Å². The van der Waals surface area contributed by atoms with Gasteiger partial charge in [-0.05, 0) is 25.7 Å². The maximum absolute atomic E-state index is 11.9. The van der Waals surface area contributed by atoms with Gasteiger partial charge in [0.25, 0.3) is 0 Å². The van der Waals surface area contributed by atoms with Gasteiger partial charge < -0.3 is 9.84 Å². The Morgan fingerprint density at radius 3 is 2.47 bits per heavy atom. The highest BCUT2D eigenvalue weighted by atomic mass is 16.5. The van der Waals surface area contributed by atoms with Gasteiger partial charge in [-0.3, -0.25) is 9.59 Å². The Kier molecular flexibility index (Phi) is 8.12. The second-order valence-electron chi connectivity index (χ2n) is 5.15. The Balaban J connectivity index is 4.48. The van der Waals surface area contributed by atoms with Gasteiger partial charge in [-0.1, -0.05) is 39.2 Å². The van der Waals surface area contributed by atoms with Crippen LogP contribution >= 0.6 is 0 Å². The van der Waals surface area contributed by atoms with E-state index in [1.165, 1.54) is 13.0 Å². The van der Waals surface area contributed by atoms with Crippen LogP contribution in [0.4, 0.5) is 0 Å². The zero-order chi connectivity index (χ0) is 14.9. The van der Waals surface area contributed by atoms with E-state index in [1.54, 1.807) is 0 Å². The summed E-state index contributed by atoms with van der Waals surface area (Å²) in [5, 5.41) is 9.15. The van der Waals surface area contributed by atoms with Crippen LogP contribution in [0.25, 0.3) is 0 Å². The number of carbonyl (C=O) groups is 2. The zero-order valence-corrected chi connectivity index (χ0v) is 12.3. The van der Waals surface area contributed by atoms with Crippen molar-refractivity contribution < 1.29 is 19.4 Å². The molecule has 110 valence electrons. The fourth-order valence-corrected chi connectivity index (χ4v) is 1.80. The van der Waals surface area contributed by atoms with Crippen LogP contribution in [0.5, 0.6) is 0 Å². The average molecular weight is 270 g/mol. The van der Waals surface area contributed by atoms with Crippen molar-refractivity contribution in [3.63, 3.8) is 0 Å². The number of esters is 1. The Morgan fingerprint density at radius 2 is 2.05 bits per heavy atom. The molecule has 1 N–H and O–H groups in total. The molecule has 0 aromatic carbocycles. The molecule has 0 saturated heterocycles. The summed E-state index contributed by atoms with van der Waals surface area (Å²) in [6.07, 6.45) is 5.65. The molecule has 4 nitrogen and oxygen atoms in total. The minimum atomic E-state index is -1.52. The van der Waals surface area contributed by atoms with Crippen molar-refractivity contribution in [3.05, 3.63) is 12.7 Å². The minimum absolute atomic E-state index is 0.0763. The second-order valence-corrected chi connectivity index (χ2v) is 5.15. The molecule has 0 saturated carbocycles. The van der Waals surface area contributed by atoms with Crippen LogP contribution in [-0.4, -0.2) is 23.7 Å². The van der Waals surface area contributed by atoms with E-state index < -0.39 is 17.4 Å². The van der Waals surface area contributed by atoms with Crippen molar-refractivity contribution in [2.75, 3.05) is 6.61 Å². The summed E-state index contributed by atoms with van der Waals surface area (Å²) in [6, 6.07) is 0. The third-order valence-corrected chi connectivity index (χ3v) is 3.47. The Labute approximate surface area is 115 Å². The predicted molar refractivity (Wildman–Crippen MR) is 74.8 cm³/mol. The van der Waals surface area contributed by atoms with Gasteiger partial charge in [-0.15, -0.1) is 6.58 Å². The SMILES string of the molecule is C=CCC(C)(C(=O)O)C(=O)OCC(CC)CCCC. The molecule has 0 radical (unpaired) electrons. The molecule has 0 spiro atoms. The number of ether oxygens (including phenoxy) is 1. The predicted octanol–water partition coefficient (Wildman–Crippen LogP) is 3.41. The Bertz CT molecular complexity index is 311. The molecular formula is C15H26O4. The number of carboxylic acid groups (broad SMARTS) is 1. The van der Waals surface area contributed by atoms with Gasteiger partial charge in [-0.25, -0.2) is 0 Å². The van der Waals surface area contributed by atoms with Crippen LogP contribution in [0, 0.1) is 11.3 Å². The number of hydrogen-bond donors (Lipinski definition) is 1. The molecule has 2 atom stereocenters. The topological polar surface area (TPSA) is 63.6 Å². The molecule has 0 aliphatic carbocycles. The largest absolute Gasteiger partial charge is 0.480 e. The lowest BCUT2D eigenvalue weighted by molar-refractivity contribution is -0.168. The van der Waals surface area contributed by atoms with Gasteiger partial charge in [0.2, 0.25) is 0 Å². The van der Waals surface area contributed by atoms with Gasteiger partial charge in [0.1, 0.15) is 0 Å². The molecule has 2 unspecified atom stereocenters. The van der Waals surface area contributed by atoms with Crippen LogP contribution < -0.4 is 0 Å². The number of carboxylic acids is 1. The maximum atomic E-state index is 11.9. The van der Waals surface area contributed by atoms with Crippen molar-refractivity contribution in [1.82, 2.24) is 0 Å². The first-order valence-electron chi connectivity index (χ1n) is 6.93. The summed E-state index contributed by atoms with van der Waals surface area (Å²) >= 11 is 0. The molecule has 0 aliphatic rings. The monoisotopic (exact) mass is 270 g/mol. The smallest absolute Gasteiger partial charge is 0.323 e. The third-order valence-electron chi connectivity index (χ3n) is 3.47. The summed E-state index contributed by atoms with van der Waals surface area (Å²) in [6.45, 7) is 9.34. The van der Waals surface area contributed by atoms with Crippen molar-refractivity contribution in [3.8, 4) is 0 Å². The summed E-state index contributed by atoms with van der Waals surface area (Å²) in [7, 11) is 0. The van der Waals surface area contributed by atoms with E-state index in [4.69, 9.17) is 9.84 Å². The average Bonchev–Trinajstić information content (AvgIpc) is 2.38. The van der Waals surface area contributed by atoms with Crippen molar-refractivity contribution in [1.29, 1.82) is 0 Å². The summed E-state index contributed by atoms with van der Waals surface area (Å²) < 4.78 is 5.20. The zero-order valence-electron chi connectivity index (χ0n) is 12.3. The third kappa shape index (κ3) is 5.45. The molecule has 4 heteroatoms. The summed E-state index contributed by atoms with van der Waals surface area (Å²) in [5.41, 5.74) is -1.52. The van der Waals surface area contributed by atoms with E-state index >= 15 is 0 Å². The van der Waals surface area contributed by atoms with E-state index in [-0.39, 0.29) is 6.42 Å². The maximum Gasteiger partial charge on any atom is 0.323 e. The first kappa shape index (κ1) is 17.7. The van der Waals surface area contributed by atoms with Crippen LogP contribution in [0.3, 0.4) is 0 Å². The van der Waals surface area contributed by atoms with Gasteiger partial charge >= 0.3 is 11.9 Å². The van der Waals surface area contributed by atoms with Crippen molar-refractivity contribution in [2.24, 2.45) is 11.3 Å². The molecule has 19 heavy (non-hydrogen) atoms. The fourth-order valence-electron chi connectivity index (χ4n) is 1.80. The molecule has 0 bridgehead atoms. The molecule has 0 heterocycles. The number of rotatable bonds is 10.